The van der Waals surface area contributed by atoms with Gasteiger partial charge >= 0.3 is 5.97 Å². The van der Waals surface area contributed by atoms with Gasteiger partial charge < -0.3 is 5.11 Å². The normalized spacial score (nSPS) is 10.4. The van der Waals surface area contributed by atoms with Crippen molar-refractivity contribution in [3.8, 4) is 11.4 Å². The summed E-state index contributed by atoms with van der Waals surface area (Å²) < 4.78 is 0. The minimum absolute atomic E-state index is 0.0449. The summed E-state index contributed by atoms with van der Waals surface area (Å²) in [6.07, 6.45) is 0. The van der Waals surface area contributed by atoms with Gasteiger partial charge in [0.1, 0.15) is 5.15 Å². The van der Waals surface area contributed by atoms with Crippen molar-refractivity contribution in [3.05, 3.63) is 45.2 Å². The molecule has 18 heavy (non-hydrogen) atoms. The molecule has 7 heteroatoms. The maximum atomic E-state index is 10.9. The molecule has 0 aliphatic carbocycles. The highest BCUT2D eigenvalue weighted by Gasteiger charge is 2.11. The Morgan fingerprint density at radius 2 is 1.78 bits per heavy atom. The van der Waals surface area contributed by atoms with Crippen molar-refractivity contribution in [3.63, 3.8) is 0 Å². The Hall–Kier alpha value is -1.36. The first-order valence-electron chi connectivity index (χ1n) is 4.70. The van der Waals surface area contributed by atoms with Crippen molar-refractivity contribution in [2.24, 2.45) is 0 Å². The summed E-state index contributed by atoms with van der Waals surface area (Å²) in [5.41, 5.74) is 0.352. The Balaban J connectivity index is 2.56. The maximum absolute atomic E-state index is 10.9. The van der Waals surface area contributed by atoms with Crippen LogP contribution in [0.15, 0.2) is 24.3 Å². The van der Waals surface area contributed by atoms with E-state index < -0.39 is 5.97 Å². The van der Waals surface area contributed by atoms with Crippen LogP contribution in [0.5, 0.6) is 0 Å². The van der Waals surface area contributed by atoms with Gasteiger partial charge in [-0.2, -0.15) is 0 Å². The highest BCUT2D eigenvalue weighted by atomic mass is 35.5. The van der Waals surface area contributed by atoms with Crippen LogP contribution in [0.1, 0.15) is 10.5 Å². The molecule has 2 aromatic rings. The molecule has 1 N–H and O–H groups in total. The largest absolute Gasteiger partial charge is 0.477 e. The van der Waals surface area contributed by atoms with E-state index in [0.29, 0.717) is 15.6 Å². The monoisotopic (exact) mass is 302 g/mol. The quantitative estimate of drug-likeness (QED) is 0.857. The number of hydrogen-bond donors (Lipinski definition) is 1. The zero-order valence-electron chi connectivity index (χ0n) is 8.69. The Morgan fingerprint density at radius 1 is 1.06 bits per heavy atom. The van der Waals surface area contributed by atoms with Crippen LogP contribution in [-0.4, -0.2) is 21.0 Å². The molecule has 0 unspecified atom stereocenters. The highest BCUT2D eigenvalue weighted by molar-refractivity contribution is 6.42. The van der Waals surface area contributed by atoms with Gasteiger partial charge in [-0.1, -0.05) is 34.8 Å². The molecule has 0 aliphatic heterocycles. The summed E-state index contributed by atoms with van der Waals surface area (Å²) >= 11 is 17.4. The van der Waals surface area contributed by atoms with Gasteiger partial charge in [-0.3, -0.25) is 0 Å². The SMILES string of the molecule is O=C(O)c1cc(Cl)nc(-c2ccc(Cl)c(Cl)c2)n1. The van der Waals surface area contributed by atoms with Crippen molar-refractivity contribution in [2.45, 2.75) is 0 Å². The maximum Gasteiger partial charge on any atom is 0.354 e. The van der Waals surface area contributed by atoms with Crippen LogP contribution in [0.2, 0.25) is 15.2 Å². The number of nitrogens with zero attached hydrogens (tertiary/aromatic N) is 2. The van der Waals surface area contributed by atoms with Crippen molar-refractivity contribution < 1.29 is 9.90 Å². The van der Waals surface area contributed by atoms with E-state index in [4.69, 9.17) is 39.9 Å². The molecule has 92 valence electrons. The molecule has 0 atom stereocenters. The lowest BCUT2D eigenvalue weighted by atomic mass is 10.2. The number of carboxylic acids is 1. The summed E-state index contributed by atoms with van der Waals surface area (Å²) in [5.74, 6) is -1.00. The zero-order chi connectivity index (χ0) is 13.3. The third kappa shape index (κ3) is 2.72. The molecule has 0 bridgehead atoms. The first-order chi connectivity index (χ1) is 8.47. The zero-order valence-corrected chi connectivity index (χ0v) is 11.0. The second-order valence-electron chi connectivity index (χ2n) is 3.33. The molecule has 0 amide bonds. The Bertz CT molecular complexity index is 632. The van der Waals surface area contributed by atoms with Gasteiger partial charge in [0.25, 0.3) is 0 Å². The predicted molar refractivity (Wildman–Crippen MR) is 69.5 cm³/mol. The van der Waals surface area contributed by atoms with Gasteiger partial charge in [0.15, 0.2) is 11.5 Å². The molecule has 0 saturated heterocycles. The second kappa shape index (κ2) is 5.10. The number of aromatic carboxylic acids is 1. The van der Waals surface area contributed by atoms with Crippen molar-refractivity contribution in [1.29, 1.82) is 0 Å². The topological polar surface area (TPSA) is 63.1 Å². The fourth-order valence-corrected chi connectivity index (χ4v) is 1.77. The summed E-state index contributed by atoms with van der Waals surface area (Å²) in [6.45, 7) is 0. The minimum Gasteiger partial charge on any atom is -0.477 e. The van der Waals surface area contributed by atoms with Crippen LogP contribution >= 0.6 is 34.8 Å². The molecule has 2 rings (SSSR count). The van der Waals surface area contributed by atoms with Crippen molar-refractivity contribution in [2.75, 3.05) is 0 Å². The molecule has 0 radical (unpaired) electrons. The van der Waals surface area contributed by atoms with Crippen LogP contribution in [0.25, 0.3) is 11.4 Å². The standard InChI is InChI=1S/C11H5Cl3N2O2/c12-6-2-1-5(3-7(6)13)10-15-8(11(17)18)4-9(14)16-10/h1-4H,(H,17,18). The lowest BCUT2D eigenvalue weighted by Gasteiger charge is -2.04. The van der Waals surface area contributed by atoms with Gasteiger partial charge in [0.05, 0.1) is 10.0 Å². The number of carbonyl (C=O) groups is 1. The fraction of sp³-hybridized carbons (Fsp3) is 0. The molecule has 0 saturated carbocycles. The van der Waals surface area contributed by atoms with E-state index in [9.17, 15) is 4.79 Å². The van der Waals surface area contributed by atoms with E-state index >= 15 is 0 Å². The fourth-order valence-electron chi connectivity index (χ4n) is 1.29. The lowest BCUT2D eigenvalue weighted by molar-refractivity contribution is 0.0690. The number of hydrogen-bond acceptors (Lipinski definition) is 3. The van der Waals surface area contributed by atoms with Gasteiger partial charge in [0.2, 0.25) is 0 Å². The van der Waals surface area contributed by atoms with E-state index in [1.165, 1.54) is 6.07 Å². The van der Waals surface area contributed by atoms with Gasteiger partial charge in [-0.05, 0) is 18.2 Å². The average Bonchev–Trinajstić information content (AvgIpc) is 2.31. The molecule has 0 fully saturated rings. The molecule has 0 spiro atoms. The summed E-state index contributed by atoms with van der Waals surface area (Å²) in [7, 11) is 0. The van der Waals surface area contributed by atoms with Gasteiger partial charge in [-0.25, -0.2) is 14.8 Å². The highest BCUT2D eigenvalue weighted by Crippen LogP contribution is 2.27. The van der Waals surface area contributed by atoms with Crippen LogP contribution in [0, 0.1) is 0 Å². The van der Waals surface area contributed by atoms with E-state index in [0.717, 1.165) is 0 Å². The van der Waals surface area contributed by atoms with Crippen LogP contribution in [-0.2, 0) is 0 Å². The lowest BCUT2D eigenvalue weighted by Crippen LogP contribution is -2.03. The molecule has 1 aromatic carbocycles. The first kappa shape index (κ1) is 13.1. The molecular formula is C11H5Cl3N2O2. The smallest absolute Gasteiger partial charge is 0.354 e. The van der Waals surface area contributed by atoms with Crippen molar-refractivity contribution >= 4 is 40.8 Å². The van der Waals surface area contributed by atoms with E-state index in [-0.39, 0.29) is 16.7 Å². The van der Waals surface area contributed by atoms with Crippen LogP contribution in [0.4, 0.5) is 0 Å². The number of carboxylic acid groups (broad SMARTS) is 1. The Kier molecular flexibility index (Phi) is 3.71. The Morgan fingerprint density at radius 3 is 2.39 bits per heavy atom. The number of rotatable bonds is 2. The third-order valence-electron chi connectivity index (χ3n) is 2.09. The Labute approximate surface area is 117 Å². The van der Waals surface area contributed by atoms with Crippen LogP contribution in [0.3, 0.4) is 0 Å². The first-order valence-corrected chi connectivity index (χ1v) is 5.84. The summed E-state index contributed by atoms with van der Waals surface area (Å²) in [6, 6.07) is 5.92. The molecule has 0 aliphatic rings. The summed E-state index contributed by atoms with van der Waals surface area (Å²) in [5, 5.41) is 9.65. The summed E-state index contributed by atoms with van der Waals surface area (Å²) in [4.78, 5) is 18.7. The van der Waals surface area contributed by atoms with Crippen molar-refractivity contribution in [1.82, 2.24) is 9.97 Å². The van der Waals surface area contributed by atoms with E-state index in [1.807, 2.05) is 0 Å². The van der Waals surface area contributed by atoms with E-state index in [1.54, 1.807) is 18.2 Å². The molecule has 1 heterocycles. The number of benzene rings is 1. The molecule has 1 aromatic heterocycles. The van der Waals surface area contributed by atoms with Gasteiger partial charge in [0, 0.05) is 11.6 Å². The number of aromatic nitrogens is 2. The third-order valence-corrected chi connectivity index (χ3v) is 3.02. The molecule has 4 nitrogen and oxygen atoms in total. The predicted octanol–water partition coefficient (Wildman–Crippen LogP) is 3.80. The molecular weight excluding hydrogens is 298 g/mol. The van der Waals surface area contributed by atoms with Crippen LogP contribution < -0.4 is 0 Å². The number of halogens is 3. The minimum atomic E-state index is -1.18. The average molecular weight is 304 g/mol. The van der Waals surface area contributed by atoms with Gasteiger partial charge in [-0.15, -0.1) is 0 Å². The second-order valence-corrected chi connectivity index (χ2v) is 4.54. The van der Waals surface area contributed by atoms with E-state index in [2.05, 4.69) is 9.97 Å².